The van der Waals surface area contributed by atoms with Gasteiger partial charge in [0.25, 0.3) is 0 Å². The fourth-order valence-electron chi connectivity index (χ4n) is 1.11. The summed E-state index contributed by atoms with van der Waals surface area (Å²) in [7, 11) is -3.66. The predicted molar refractivity (Wildman–Crippen MR) is 47.4 cm³/mol. The Morgan fingerprint density at radius 2 is 2.23 bits per heavy atom. The fraction of sp³-hybridized carbons (Fsp3) is 0.429. The third-order valence-corrected chi connectivity index (χ3v) is 2.67. The van der Waals surface area contributed by atoms with Gasteiger partial charge in [-0.15, -0.1) is 0 Å². The molecule has 0 fully saturated rings. The van der Waals surface area contributed by atoms with E-state index in [1.165, 1.54) is 12.3 Å². The average molecular weight is 204 g/mol. The van der Waals surface area contributed by atoms with E-state index >= 15 is 0 Å². The second kappa shape index (κ2) is 3.49. The van der Waals surface area contributed by atoms with Crippen LogP contribution < -0.4 is 5.14 Å². The summed E-state index contributed by atoms with van der Waals surface area (Å²) >= 11 is 0. The molecule has 0 atom stereocenters. The molecular formula is C7H12N2O3S. The number of nitrogens with zero attached hydrogens (tertiary/aromatic N) is 1. The van der Waals surface area contributed by atoms with E-state index in [-0.39, 0.29) is 11.5 Å². The van der Waals surface area contributed by atoms with Crippen molar-refractivity contribution in [3.05, 3.63) is 18.0 Å². The molecule has 0 amide bonds. The Morgan fingerprint density at radius 3 is 2.54 bits per heavy atom. The predicted octanol–water partition coefficient (Wildman–Crippen LogP) is -0.352. The van der Waals surface area contributed by atoms with Crippen LogP contribution in [0.1, 0.15) is 12.6 Å². The van der Waals surface area contributed by atoms with Gasteiger partial charge >= 0.3 is 0 Å². The van der Waals surface area contributed by atoms with Crippen LogP contribution in [0.2, 0.25) is 0 Å². The highest BCUT2D eigenvalue weighted by Crippen LogP contribution is 2.12. The molecule has 1 rings (SSSR count). The molecule has 6 heteroatoms. The fourth-order valence-corrected chi connectivity index (χ4v) is 1.68. The number of hydrogen-bond donors (Lipinski definition) is 2. The molecule has 0 spiro atoms. The summed E-state index contributed by atoms with van der Waals surface area (Å²) in [4.78, 5) is 0.0402. The first-order valence-corrected chi connectivity index (χ1v) is 5.36. The zero-order chi connectivity index (χ0) is 10.1. The van der Waals surface area contributed by atoms with Gasteiger partial charge in [-0.05, 0) is 13.0 Å². The van der Waals surface area contributed by atoms with E-state index in [1.54, 1.807) is 4.57 Å². The van der Waals surface area contributed by atoms with E-state index in [0.29, 0.717) is 12.2 Å². The van der Waals surface area contributed by atoms with Crippen molar-refractivity contribution >= 4 is 10.0 Å². The van der Waals surface area contributed by atoms with Crippen LogP contribution in [0, 0.1) is 0 Å². The Morgan fingerprint density at radius 1 is 1.62 bits per heavy atom. The SMILES string of the molecule is CCn1cc(S(N)(=O)=O)cc1CO. The zero-order valence-electron chi connectivity index (χ0n) is 7.27. The standard InChI is InChI=1S/C7H12N2O3S/c1-2-9-4-7(13(8,11)12)3-6(9)5-10/h3-4,10H,2,5H2,1H3,(H2,8,11,12). The number of aliphatic hydroxyl groups is 1. The number of aromatic nitrogens is 1. The quantitative estimate of drug-likeness (QED) is 0.705. The van der Waals surface area contributed by atoms with Crippen molar-refractivity contribution < 1.29 is 13.5 Å². The van der Waals surface area contributed by atoms with Crippen molar-refractivity contribution in [3.63, 3.8) is 0 Å². The number of hydrogen-bond acceptors (Lipinski definition) is 3. The first-order chi connectivity index (χ1) is 5.99. The number of primary sulfonamides is 1. The number of rotatable bonds is 3. The topological polar surface area (TPSA) is 85.3 Å². The van der Waals surface area contributed by atoms with Gasteiger partial charge in [-0.1, -0.05) is 0 Å². The molecule has 3 N–H and O–H groups in total. The highest BCUT2D eigenvalue weighted by Gasteiger charge is 2.12. The summed E-state index contributed by atoms with van der Waals surface area (Å²) in [5.41, 5.74) is 0.548. The summed E-state index contributed by atoms with van der Waals surface area (Å²) < 4.78 is 23.5. The molecule has 0 saturated heterocycles. The van der Waals surface area contributed by atoms with Crippen LogP contribution >= 0.6 is 0 Å². The van der Waals surface area contributed by atoms with Crippen LogP contribution in [-0.4, -0.2) is 18.1 Å². The highest BCUT2D eigenvalue weighted by molar-refractivity contribution is 7.89. The Bertz CT molecular complexity index is 372. The molecule has 0 aliphatic rings. The maximum absolute atomic E-state index is 10.9. The first kappa shape index (κ1) is 10.2. The molecule has 74 valence electrons. The van der Waals surface area contributed by atoms with Crippen LogP contribution in [0.25, 0.3) is 0 Å². The Balaban J connectivity index is 3.22. The Kier molecular flexibility index (Phi) is 2.74. The summed E-state index contributed by atoms with van der Waals surface area (Å²) in [6, 6.07) is 1.37. The van der Waals surface area contributed by atoms with Gasteiger partial charge < -0.3 is 9.67 Å². The molecule has 0 radical (unpaired) electrons. The molecule has 5 nitrogen and oxygen atoms in total. The molecule has 0 bridgehead atoms. The number of nitrogens with two attached hydrogens (primary N) is 1. The van der Waals surface area contributed by atoms with Gasteiger partial charge in [0.2, 0.25) is 10.0 Å². The molecule has 1 aromatic rings. The molecule has 0 aliphatic heterocycles. The second-order valence-corrected chi connectivity index (χ2v) is 4.22. The smallest absolute Gasteiger partial charge is 0.239 e. The largest absolute Gasteiger partial charge is 0.390 e. The van der Waals surface area contributed by atoms with Crippen LogP contribution in [0.5, 0.6) is 0 Å². The van der Waals surface area contributed by atoms with Crippen molar-refractivity contribution in [1.82, 2.24) is 4.57 Å². The molecule has 0 saturated carbocycles. The molecule has 0 aliphatic carbocycles. The highest BCUT2D eigenvalue weighted by atomic mass is 32.2. The molecular weight excluding hydrogens is 192 g/mol. The zero-order valence-corrected chi connectivity index (χ0v) is 8.08. The van der Waals surface area contributed by atoms with E-state index in [1.807, 2.05) is 6.92 Å². The van der Waals surface area contributed by atoms with Crippen molar-refractivity contribution in [2.45, 2.75) is 25.0 Å². The van der Waals surface area contributed by atoms with Crippen molar-refractivity contribution in [2.75, 3.05) is 0 Å². The van der Waals surface area contributed by atoms with Crippen molar-refractivity contribution in [2.24, 2.45) is 5.14 Å². The van der Waals surface area contributed by atoms with Gasteiger partial charge in [0.1, 0.15) is 0 Å². The van der Waals surface area contributed by atoms with Crippen LogP contribution in [-0.2, 0) is 23.2 Å². The van der Waals surface area contributed by atoms with E-state index in [2.05, 4.69) is 0 Å². The molecule has 0 aromatic carbocycles. The van der Waals surface area contributed by atoms with Crippen LogP contribution in [0.3, 0.4) is 0 Å². The van der Waals surface area contributed by atoms with E-state index in [4.69, 9.17) is 10.2 Å². The van der Waals surface area contributed by atoms with E-state index in [0.717, 1.165) is 0 Å². The third kappa shape index (κ3) is 2.09. The maximum Gasteiger partial charge on any atom is 0.239 e. The Labute approximate surface area is 76.8 Å². The summed E-state index contributed by atoms with van der Waals surface area (Å²) in [5, 5.41) is 13.8. The minimum Gasteiger partial charge on any atom is -0.390 e. The second-order valence-electron chi connectivity index (χ2n) is 2.66. The minimum absolute atomic E-state index is 0.0402. The van der Waals surface area contributed by atoms with Gasteiger partial charge in [-0.3, -0.25) is 0 Å². The van der Waals surface area contributed by atoms with Gasteiger partial charge in [0, 0.05) is 18.4 Å². The maximum atomic E-state index is 10.9. The monoisotopic (exact) mass is 204 g/mol. The molecule has 0 unspecified atom stereocenters. The van der Waals surface area contributed by atoms with Crippen molar-refractivity contribution in [1.29, 1.82) is 0 Å². The van der Waals surface area contributed by atoms with Crippen LogP contribution in [0.15, 0.2) is 17.2 Å². The van der Waals surface area contributed by atoms with E-state index in [9.17, 15) is 8.42 Å². The summed E-state index contributed by atoms with van der Waals surface area (Å²) in [6.07, 6.45) is 1.42. The van der Waals surface area contributed by atoms with Crippen molar-refractivity contribution in [3.8, 4) is 0 Å². The number of aliphatic hydroxyl groups excluding tert-OH is 1. The molecule has 1 aromatic heterocycles. The molecule has 13 heavy (non-hydrogen) atoms. The van der Waals surface area contributed by atoms with E-state index < -0.39 is 10.0 Å². The lowest BCUT2D eigenvalue weighted by atomic mass is 10.4. The third-order valence-electron chi connectivity index (χ3n) is 1.79. The minimum atomic E-state index is -3.66. The lowest BCUT2D eigenvalue weighted by molar-refractivity contribution is 0.271. The number of sulfonamides is 1. The Hall–Kier alpha value is -0.850. The summed E-state index contributed by atoms with van der Waals surface area (Å²) in [5.74, 6) is 0. The first-order valence-electron chi connectivity index (χ1n) is 3.81. The van der Waals surface area contributed by atoms with Gasteiger partial charge in [0.15, 0.2) is 0 Å². The molecule has 1 heterocycles. The van der Waals surface area contributed by atoms with Gasteiger partial charge in [-0.25, -0.2) is 13.6 Å². The average Bonchev–Trinajstić information content (AvgIpc) is 2.45. The lowest BCUT2D eigenvalue weighted by Crippen LogP contribution is -2.11. The van der Waals surface area contributed by atoms with Gasteiger partial charge in [-0.2, -0.15) is 0 Å². The summed E-state index contributed by atoms with van der Waals surface area (Å²) in [6.45, 7) is 2.26. The normalized spacial score (nSPS) is 11.9. The van der Waals surface area contributed by atoms with Crippen LogP contribution in [0.4, 0.5) is 0 Å². The lowest BCUT2D eigenvalue weighted by Gasteiger charge is -2.00. The number of aryl methyl sites for hydroxylation is 1. The van der Waals surface area contributed by atoms with Gasteiger partial charge in [0.05, 0.1) is 11.5 Å².